The van der Waals surface area contributed by atoms with E-state index >= 15 is 0 Å². The lowest BCUT2D eigenvalue weighted by molar-refractivity contribution is -0.137. The lowest BCUT2D eigenvalue weighted by atomic mass is 10.2. The Hall–Kier alpha value is -0.730. The van der Waals surface area contributed by atoms with Crippen LogP contribution in [-0.4, -0.2) is 44.5 Å². The van der Waals surface area contributed by atoms with Gasteiger partial charge in [0.2, 0.25) is 11.8 Å². The number of amides is 2. The number of alkyl halides is 3. The van der Waals surface area contributed by atoms with Crippen LogP contribution >= 0.6 is 43.5 Å². The Morgan fingerprint density at radius 1 is 1.38 bits per heavy atom. The van der Waals surface area contributed by atoms with E-state index in [4.69, 9.17) is 11.6 Å². The quantitative estimate of drug-likeness (QED) is 0.615. The summed E-state index contributed by atoms with van der Waals surface area (Å²) < 4.78 is 25.8. The third-order valence-electron chi connectivity index (χ3n) is 4.44. The lowest BCUT2D eigenvalue weighted by Gasteiger charge is -2.26. The first-order chi connectivity index (χ1) is 11.1. The van der Waals surface area contributed by atoms with Gasteiger partial charge in [0.05, 0.1) is 0 Å². The highest BCUT2D eigenvalue weighted by Gasteiger charge is 2.70. The third kappa shape index (κ3) is 2.76. The van der Waals surface area contributed by atoms with Crippen LogP contribution < -0.4 is 4.90 Å². The molecule has 24 heavy (non-hydrogen) atoms. The largest absolute Gasteiger partial charge is 0.332 e. The second-order valence-electron chi connectivity index (χ2n) is 5.99. The molecule has 0 N–H and O–H groups in total. The summed E-state index contributed by atoms with van der Waals surface area (Å²) in [6.07, 6.45) is 0.795. The molecule has 0 bridgehead atoms. The monoisotopic (exact) mass is 484 g/mol. The van der Waals surface area contributed by atoms with Crippen molar-refractivity contribution >= 4 is 61.0 Å². The number of carbonyl (C=O) groups excluding carboxylic acids is 2. The molecule has 1 saturated heterocycles. The number of carbonyl (C=O) groups is 2. The maximum Gasteiger partial charge on any atom is 0.249 e. The normalized spacial score (nSPS) is 28.2. The summed E-state index contributed by atoms with van der Waals surface area (Å²) in [5.74, 6) is -2.69. The van der Waals surface area contributed by atoms with E-state index in [1.165, 1.54) is 22.9 Å². The van der Waals surface area contributed by atoms with Crippen LogP contribution in [0, 0.1) is 11.6 Å². The van der Waals surface area contributed by atoms with Gasteiger partial charge < -0.3 is 9.80 Å². The molecule has 0 spiro atoms. The van der Waals surface area contributed by atoms with Crippen LogP contribution in [0.25, 0.3) is 0 Å². The zero-order valence-corrected chi connectivity index (χ0v) is 16.5. The molecule has 1 aliphatic heterocycles. The molecule has 2 atom stereocenters. The van der Waals surface area contributed by atoms with Gasteiger partial charge >= 0.3 is 0 Å². The molecule has 1 saturated carbocycles. The molecule has 1 heterocycles. The van der Waals surface area contributed by atoms with Gasteiger partial charge in [-0.15, -0.1) is 11.6 Å². The maximum atomic E-state index is 13.4. The van der Waals surface area contributed by atoms with Crippen LogP contribution in [0.15, 0.2) is 18.2 Å². The summed E-state index contributed by atoms with van der Waals surface area (Å²) in [6, 6.07) is 2.61. The summed E-state index contributed by atoms with van der Waals surface area (Å²) in [5.41, 5.74) is 0.268. The Balaban J connectivity index is 1.76. The minimum Gasteiger partial charge on any atom is -0.332 e. The molecule has 1 aromatic carbocycles. The van der Waals surface area contributed by atoms with Crippen LogP contribution in [0.3, 0.4) is 0 Å². The predicted octanol–water partition coefficient (Wildman–Crippen LogP) is 3.40. The molecule has 1 aliphatic carbocycles. The topological polar surface area (TPSA) is 40.6 Å². The highest BCUT2D eigenvalue weighted by molar-refractivity contribution is 9.25. The zero-order valence-electron chi connectivity index (χ0n) is 12.5. The van der Waals surface area contributed by atoms with E-state index in [2.05, 4.69) is 31.9 Å². The summed E-state index contributed by atoms with van der Waals surface area (Å²) in [4.78, 5) is 26.7. The van der Waals surface area contributed by atoms with Gasteiger partial charge in [-0.2, -0.15) is 0 Å². The van der Waals surface area contributed by atoms with Crippen LogP contribution in [0.1, 0.15) is 12.8 Å². The van der Waals surface area contributed by atoms with Crippen molar-refractivity contribution < 1.29 is 18.4 Å². The second kappa shape index (κ2) is 5.92. The fourth-order valence-electron chi connectivity index (χ4n) is 2.85. The highest BCUT2D eigenvalue weighted by atomic mass is 79.9. The molecule has 9 heteroatoms. The van der Waals surface area contributed by atoms with Crippen molar-refractivity contribution in [3.63, 3.8) is 0 Å². The third-order valence-corrected chi connectivity index (χ3v) is 7.43. The fraction of sp³-hybridized carbons (Fsp3) is 0.467. The first-order valence-corrected chi connectivity index (χ1v) is 9.15. The Morgan fingerprint density at radius 2 is 2.00 bits per heavy atom. The molecule has 4 nitrogen and oxygen atoms in total. The molecule has 2 fully saturated rings. The number of anilines is 1. The van der Waals surface area contributed by atoms with E-state index in [-0.39, 0.29) is 17.5 Å². The Morgan fingerprint density at radius 3 is 2.54 bits per heavy atom. The summed E-state index contributed by atoms with van der Waals surface area (Å²) >= 11 is 13.0. The molecule has 3 rings (SSSR count). The Kier molecular flexibility index (Phi) is 4.45. The number of halogens is 5. The van der Waals surface area contributed by atoms with Gasteiger partial charge in [-0.05, 0) is 18.6 Å². The number of hydrogen-bond acceptors (Lipinski definition) is 2. The van der Waals surface area contributed by atoms with Crippen molar-refractivity contribution in [2.45, 2.75) is 27.0 Å². The number of benzene rings is 1. The predicted molar refractivity (Wildman–Crippen MR) is 93.7 cm³/mol. The number of nitrogens with zero attached hydrogens (tertiary/aromatic N) is 2. The molecule has 2 unspecified atom stereocenters. The molecular formula is C15H13Br2ClF2N2O2. The van der Waals surface area contributed by atoms with Gasteiger partial charge in [-0.1, -0.05) is 31.9 Å². The zero-order chi connectivity index (χ0) is 17.9. The van der Waals surface area contributed by atoms with Crippen LogP contribution in [0.4, 0.5) is 14.5 Å². The molecule has 0 aromatic heterocycles. The fourth-order valence-corrected chi connectivity index (χ4v) is 4.69. The number of likely N-dealkylation sites (N-methyl/N-ethyl adjacent to an activating group) is 1. The number of rotatable bonds is 3. The molecule has 2 aliphatic rings. The molecule has 130 valence electrons. The SMILES string of the molecule is CN(C(=O)C1(Cl)CC1(Br)Br)C1CCN(c2ccc(F)c(F)c2)C1=O. The van der Waals surface area contributed by atoms with E-state index in [1.807, 2.05) is 0 Å². The van der Waals surface area contributed by atoms with E-state index in [9.17, 15) is 18.4 Å². The van der Waals surface area contributed by atoms with E-state index in [0.717, 1.165) is 12.1 Å². The molecule has 2 amide bonds. The summed E-state index contributed by atoms with van der Waals surface area (Å²) in [7, 11) is 1.53. The van der Waals surface area contributed by atoms with Crippen molar-refractivity contribution in [1.82, 2.24) is 4.90 Å². The Bertz CT molecular complexity index is 733. The van der Waals surface area contributed by atoms with Gasteiger partial charge in [0.1, 0.15) is 9.28 Å². The average molecular weight is 487 g/mol. The first-order valence-electron chi connectivity index (χ1n) is 7.19. The van der Waals surface area contributed by atoms with Gasteiger partial charge in [0.25, 0.3) is 0 Å². The number of hydrogen-bond donors (Lipinski definition) is 0. The van der Waals surface area contributed by atoms with Crippen molar-refractivity contribution in [3.8, 4) is 0 Å². The molecule has 1 aromatic rings. The highest BCUT2D eigenvalue weighted by Crippen LogP contribution is 2.64. The summed E-state index contributed by atoms with van der Waals surface area (Å²) in [6.45, 7) is 0.315. The van der Waals surface area contributed by atoms with Crippen LogP contribution in [-0.2, 0) is 9.59 Å². The molecule has 0 radical (unpaired) electrons. The van der Waals surface area contributed by atoms with Crippen molar-refractivity contribution in [3.05, 3.63) is 29.8 Å². The van der Waals surface area contributed by atoms with Crippen molar-refractivity contribution in [2.75, 3.05) is 18.5 Å². The summed E-state index contributed by atoms with van der Waals surface area (Å²) in [5, 5.41) is 0. The van der Waals surface area contributed by atoms with Gasteiger partial charge in [0.15, 0.2) is 16.5 Å². The smallest absolute Gasteiger partial charge is 0.249 e. The first kappa shape index (κ1) is 18.1. The Labute approximate surface area is 159 Å². The van der Waals surface area contributed by atoms with Crippen LogP contribution in [0.5, 0.6) is 0 Å². The van der Waals surface area contributed by atoms with Crippen molar-refractivity contribution in [1.29, 1.82) is 0 Å². The van der Waals surface area contributed by atoms with E-state index in [0.29, 0.717) is 19.4 Å². The van der Waals surface area contributed by atoms with Gasteiger partial charge in [-0.3, -0.25) is 9.59 Å². The molecular weight excluding hydrogens is 473 g/mol. The minimum absolute atomic E-state index is 0.268. The van der Waals surface area contributed by atoms with E-state index < -0.39 is 25.8 Å². The standard InChI is InChI=1S/C15H13Br2ClF2N2O2/c1-21(13(24)14(18)7-15(14,16)17)11-4-5-22(12(11)23)8-2-3-9(19)10(20)6-8/h2-3,6,11H,4-5,7H2,1H3. The van der Waals surface area contributed by atoms with Crippen molar-refractivity contribution in [2.24, 2.45) is 0 Å². The van der Waals surface area contributed by atoms with Crippen LogP contribution in [0.2, 0.25) is 0 Å². The van der Waals surface area contributed by atoms with Gasteiger partial charge in [-0.25, -0.2) is 8.78 Å². The van der Waals surface area contributed by atoms with Gasteiger partial charge in [0, 0.05) is 31.8 Å². The maximum absolute atomic E-state index is 13.4. The second-order valence-corrected chi connectivity index (χ2v) is 10.4. The average Bonchev–Trinajstić information content (AvgIpc) is 2.85. The lowest BCUT2D eigenvalue weighted by Crippen LogP contribution is -2.47. The minimum atomic E-state index is -1.13. The van der Waals surface area contributed by atoms with E-state index in [1.54, 1.807) is 0 Å².